The maximum Gasteiger partial charge on any atom is 0.292 e. The third kappa shape index (κ3) is 1.89. The van der Waals surface area contributed by atoms with Gasteiger partial charge in [-0.25, -0.2) is 9.13 Å². The van der Waals surface area contributed by atoms with Gasteiger partial charge in [0.1, 0.15) is 23.5 Å². The minimum atomic E-state index is 0.942. The first kappa shape index (κ1) is 14.3. The molecule has 0 bridgehead atoms. The highest BCUT2D eigenvalue weighted by Gasteiger charge is 2.23. The lowest BCUT2D eigenvalue weighted by molar-refractivity contribution is -0.659. The fraction of sp³-hybridized carbons (Fsp3) is 0.136. The van der Waals surface area contributed by atoms with Crippen molar-refractivity contribution in [2.24, 2.45) is 14.1 Å². The summed E-state index contributed by atoms with van der Waals surface area (Å²) in [6, 6.07) is 17.1. The third-order valence-corrected chi connectivity index (χ3v) is 5.14. The van der Waals surface area contributed by atoms with Crippen molar-refractivity contribution in [3.8, 4) is 11.4 Å². The Morgan fingerprint density at radius 2 is 1.80 bits per heavy atom. The van der Waals surface area contributed by atoms with Crippen LogP contribution in [0.1, 0.15) is 5.56 Å². The summed E-state index contributed by atoms with van der Waals surface area (Å²) in [7, 11) is 4.15. The highest BCUT2D eigenvalue weighted by Crippen LogP contribution is 2.39. The van der Waals surface area contributed by atoms with Gasteiger partial charge in [0.25, 0.3) is 5.82 Å². The summed E-state index contributed by atoms with van der Waals surface area (Å²) < 4.78 is 10.7. The van der Waals surface area contributed by atoms with Crippen LogP contribution in [0.15, 0.2) is 65.3 Å². The van der Waals surface area contributed by atoms with E-state index in [2.05, 4.69) is 91.1 Å². The number of furan rings is 1. The molecule has 0 aliphatic heterocycles. The number of hydrogen-bond donors (Lipinski definition) is 0. The summed E-state index contributed by atoms with van der Waals surface area (Å²) in [5, 5.41) is 4.86. The maximum atomic E-state index is 6.38. The molecule has 0 N–H and O–H groups in total. The van der Waals surface area contributed by atoms with E-state index in [0.717, 1.165) is 22.6 Å². The van der Waals surface area contributed by atoms with Gasteiger partial charge in [0.2, 0.25) is 0 Å². The molecule has 5 rings (SSSR count). The molecule has 0 aliphatic rings. The molecule has 0 atom stereocenters. The Kier molecular flexibility index (Phi) is 2.84. The van der Waals surface area contributed by atoms with E-state index >= 15 is 0 Å². The first-order valence-electron chi connectivity index (χ1n) is 8.50. The first-order chi connectivity index (χ1) is 12.1. The van der Waals surface area contributed by atoms with Crippen molar-refractivity contribution in [1.29, 1.82) is 0 Å². The highest BCUT2D eigenvalue weighted by molar-refractivity contribution is 6.20. The van der Waals surface area contributed by atoms with Crippen LogP contribution in [-0.2, 0) is 14.1 Å². The van der Waals surface area contributed by atoms with Crippen LogP contribution in [0.25, 0.3) is 44.1 Å². The summed E-state index contributed by atoms with van der Waals surface area (Å²) >= 11 is 0. The summed E-state index contributed by atoms with van der Waals surface area (Å²) in [6.45, 7) is 2.15. The second-order valence-electron chi connectivity index (χ2n) is 6.74. The molecule has 5 aromatic rings. The van der Waals surface area contributed by atoms with Gasteiger partial charge in [-0.2, -0.15) is 0 Å². The van der Waals surface area contributed by atoms with Gasteiger partial charge in [-0.15, -0.1) is 0 Å². The number of nitrogens with zero attached hydrogens (tertiary/aromatic N) is 2. The molecular weight excluding hydrogens is 308 g/mol. The van der Waals surface area contributed by atoms with Crippen molar-refractivity contribution >= 4 is 32.7 Å². The van der Waals surface area contributed by atoms with Crippen LogP contribution >= 0.6 is 0 Å². The predicted octanol–water partition coefficient (Wildman–Crippen LogP) is 4.88. The molecule has 2 heterocycles. The lowest BCUT2D eigenvalue weighted by atomic mass is 10.00. The zero-order valence-electron chi connectivity index (χ0n) is 14.6. The standard InChI is InChI=1S/C22H19N2O/c1-14-8-10-17-20-16-7-5-4-6-15(16)9-11-18(20)25-21(17)19(14)22-23(2)12-13-24(22)3/h4-13H,1-3H3/q+1. The van der Waals surface area contributed by atoms with Crippen molar-refractivity contribution in [1.82, 2.24) is 4.57 Å². The summed E-state index contributed by atoms with van der Waals surface area (Å²) in [6.07, 6.45) is 4.15. The van der Waals surface area contributed by atoms with E-state index in [0.29, 0.717) is 0 Å². The Morgan fingerprint density at radius 3 is 2.60 bits per heavy atom. The number of imidazole rings is 1. The third-order valence-electron chi connectivity index (χ3n) is 5.14. The Morgan fingerprint density at radius 1 is 0.960 bits per heavy atom. The molecular formula is C22H19N2O+. The molecule has 2 aromatic heterocycles. The van der Waals surface area contributed by atoms with Crippen LogP contribution < -0.4 is 4.57 Å². The van der Waals surface area contributed by atoms with Crippen LogP contribution in [0.5, 0.6) is 0 Å². The molecule has 25 heavy (non-hydrogen) atoms. The lowest BCUT2D eigenvalue weighted by Gasteiger charge is -2.04. The monoisotopic (exact) mass is 327 g/mol. The molecule has 122 valence electrons. The van der Waals surface area contributed by atoms with Crippen molar-refractivity contribution < 1.29 is 8.98 Å². The zero-order valence-corrected chi connectivity index (χ0v) is 14.6. The first-order valence-corrected chi connectivity index (χ1v) is 8.50. The Balaban J connectivity index is 2.01. The fourth-order valence-electron chi connectivity index (χ4n) is 3.93. The number of aromatic nitrogens is 2. The van der Waals surface area contributed by atoms with E-state index in [-0.39, 0.29) is 0 Å². The SMILES string of the molecule is Cc1ccc2c(oc3ccc4ccccc4c32)c1-c1n(C)cc[n+]1C. The van der Waals surface area contributed by atoms with Crippen molar-refractivity contribution in [2.45, 2.75) is 6.92 Å². The van der Waals surface area contributed by atoms with Gasteiger partial charge in [0, 0.05) is 10.8 Å². The van der Waals surface area contributed by atoms with E-state index in [1.54, 1.807) is 0 Å². The van der Waals surface area contributed by atoms with Crippen LogP contribution in [0.3, 0.4) is 0 Å². The maximum absolute atomic E-state index is 6.38. The van der Waals surface area contributed by atoms with Gasteiger partial charge >= 0.3 is 0 Å². The molecule has 0 fully saturated rings. The molecule has 0 saturated carbocycles. The van der Waals surface area contributed by atoms with Gasteiger partial charge in [-0.3, -0.25) is 0 Å². The van der Waals surface area contributed by atoms with Gasteiger partial charge in [0.05, 0.1) is 14.1 Å². The van der Waals surface area contributed by atoms with E-state index in [9.17, 15) is 0 Å². The minimum absolute atomic E-state index is 0.942. The largest absolute Gasteiger partial charge is 0.455 e. The average molecular weight is 327 g/mol. The summed E-state index contributed by atoms with van der Waals surface area (Å²) in [5.41, 5.74) is 4.28. The van der Waals surface area contributed by atoms with Crippen molar-refractivity contribution in [2.75, 3.05) is 0 Å². The topological polar surface area (TPSA) is 21.9 Å². The molecule has 0 saturated heterocycles. The molecule has 3 aromatic carbocycles. The Bertz CT molecular complexity index is 1250. The second-order valence-corrected chi connectivity index (χ2v) is 6.74. The van der Waals surface area contributed by atoms with Gasteiger partial charge in [0.15, 0.2) is 5.58 Å². The average Bonchev–Trinajstić information content (AvgIpc) is 3.16. The number of rotatable bonds is 1. The van der Waals surface area contributed by atoms with Crippen LogP contribution in [0, 0.1) is 6.92 Å². The van der Waals surface area contributed by atoms with E-state index in [4.69, 9.17) is 4.42 Å². The molecule has 3 heteroatoms. The van der Waals surface area contributed by atoms with E-state index in [1.165, 1.54) is 27.1 Å². The smallest absolute Gasteiger partial charge is 0.292 e. The molecule has 0 radical (unpaired) electrons. The zero-order chi connectivity index (χ0) is 17.1. The Hall–Kier alpha value is -3.07. The highest BCUT2D eigenvalue weighted by atomic mass is 16.3. The quantitative estimate of drug-likeness (QED) is 0.402. The predicted molar refractivity (Wildman–Crippen MR) is 102 cm³/mol. The molecule has 0 amide bonds. The number of benzene rings is 3. The van der Waals surface area contributed by atoms with E-state index in [1.807, 2.05) is 0 Å². The number of aryl methyl sites for hydroxylation is 3. The number of hydrogen-bond acceptors (Lipinski definition) is 1. The second kappa shape index (κ2) is 4.96. The number of fused-ring (bicyclic) bond motifs is 5. The lowest BCUT2D eigenvalue weighted by Crippen LogP contribution is -2.29. The van der Waals surface area contributed by atoms with Gasteiger partial charge in [-0.05, 0) is 29.3 Å². The van der Waals surface area contributed by atoms with Crippen molar-refractivity contribution in [3.05, 3.63) is 66.5 Å². The van der Waals surface area contributed by atoms with Gasteiger partial charge < -0.3 is 4.42 Å². The minimum Gasteiger partial charge on any atom is -0.455 e. The van der Waals surface area contributed by atoms with Crippen LogP contribution in [0.4, 0.5) is 0 Å². The van der Waals surface area contributed by atoms with Crippen LogP contribution in [0.2, 0.25) is 0 Å². The fourth-order valence-corrected chi connectivity index (χ4v) is 3.93. The Labute approximate surface area is 145 Å². The normalized spacial score (nSPS) is 11.8. The summed E-state index contributed by atoms with van der Waals surface area (Å²) in [4.78, 5) is 0. The summed E-state index contributed by atoms with van der Waals surface area (Å²) in [5.74, 6) is 1.14. The molecule has 0 aliphatic carbocycles. The van der Waals surface area contributed by atoms with Gasteiger partial charge in [-0.1, -0.05) is 42.5 Å². The van der Waals surface area contributed by atoms with Crippen LogP contribution in [-0.4, -0.2) is 4.57 Å². The molecule has 0 unspecified atom stereocenters. The van der Waals surface area contributed by atoms with E-state index < -0.39 is 0 Å². The molecule has 3 nitrogen and oxygen atoms in total. The molecule has 0 spiro atoms. The van der Waals surface area contributed by atoms with Crippen molar-refractivity contribution in [3.63, 3.8) is 0 Å².